The van der Waals surface area contributed by atoms with Gasteiger partial charge in [0.1, 0.15) is 11.4 Å². The first-order valence-corrected chi connectivity index (χ1v) is 9.75. The van der Waals surface area contributed by atoms with Crippen molar-refractivity contribution in [3.8, 4) is 5.75 Å². The summed E-state index contributed by atoms with van der Waals surface area (Å²) >= 11 is 0. The van der Waals surface area contributed by atoms with Gasteiger partial charge in [-0.1, -0.05) is 35.9 Å². The van der Waals surface area contributed by atoms with Gasteiger partial charge >= 0.3 is 0 Å². The number of piperidine rings is 1. The minimum absolute atomic E-state index is 0.112. The van der Waals surface area contributed by atoms with Crippen LogP contribution in [-0.4, -0.2) is 35.5 Å². The molecule has 1 aliphatic heterocycles. The molecule has 2 heterocycles. The Morgan fingerprint density at radius 2 is 1.85 bits per heavy atom. The van der Waals surface area contributed by atoms with E-state index in [1.165, 1.54) is 5.56 Å². The fourth-order valence-electron chi connectivity index (χ4n) is 3.76. The predicted molar refractivity (Wildman–Crippen MR) is 108 cm³/mol. The summed E-state index contributed by atoms with van der Waals surface area (Å²) in [7, 11) is 0. The second-order valence-corrected chi connectivity index (χ2v) is 7.46. The molecule has 4 rings (SSSR count). The summed E-state index contributed by atoms with van der Waals surface area (Å²) in [6.07, 6.45) is 3.13. The lowest BCUT2D eigenvalue weighted by Gasteiger charge is -2.31. The number of nitrogens with zero attached hydrogens (tertiary/aromatic N) is 1. The molecular formula is C23H26N2O2. The monoisotopic (exact) mass is 362 g/mol. The number of carbonyl (C=O) groups is 1. The number of fused-ring (bicyclic) bond motifs is 1. The molecule has 1 fully saturated rings. The largest absolute Gasteiger partial charge is 0.494 e. The second-order valence-electron chi connectivity index (χ2n) is 7.46. The summed E-state index contributed by atoms with van der Waals surface area (Å²) in [6.45, 7) is 4.46. The van der Waals surface area contributed by atoms with Gasteiger partial charge in [-0.05, 0) is 56.4 Å². The molecule has 1 N–H and O–H groups in total. The van der Waals surface area contributed by atoms with Crippen molar-refractivity contribution in [2.75, 3.05) is 19.7 Å². The van der Waals surface area contributed by atoms with E-state index in [1.807, 2.05) is 47.4 Å². The molecule has 140 valence electrons. The number of hydrogen-bond donors (Lipinski definition) is 1. The van der Waals surface area contributed by atoms with Crippen LogP contribution >= 0.6 is 0 Å². The van der Waals surface area contributed by atoms with E-state index in [0.717, 1.165) is 55.6 Å². The molecule has 0 unspecified atom stereocenters. The highest BCUT2D eigenvalue weighted by atomic mass is 16.5. The molecule has 4 nitrogen and oxygen atoms in total. The Bertz CT molecular complexity index is 873. The molecule has 0 saturated carbocycles. The van der Waals surface area contributed by atoms with Crippen LogP contribution in [0.5, 0.6) is 5.75 Å². The summed E-state index contributed by atoms with van der Waals surface area (Å²) in [4.78, 5) is 18.0. The van der Waals surface area contributed by atoms with Crippen molar-refractivity contribution in [1.29, 1.82) is 0 Å². The number of carbonyl (C=O) groups excluding carboxylic acids is 1. The molecule has 3 aromatic rings. The fourth-order valence-corrected chi connectivity index (χ4v) is 3.76. The van der Waals surface area contributed by atoms with Crippen molar-refractivity contribution in [2.45, 2.75) is 26.2 Å². The number of hydrogen-bond acceptors (Lipinski definition) is 2. The predicted octanol–water partition coefficient (Wildman–Crippen LogP) is 4.80. The van der Waals surface area contributed by atoms with Gasteiger partial charge in [-0.3, -0.25) is 4.79 Å². The van der Waals surface area contributed by atoms with Crippen molar-refractivity contribution >= 4 is 16.8 Å². The van der Waals surface area contributed by atoms with Crippen LogP contribution in [0.15, 0.2) is 54.6 Å². The maximum absolute atomic E-state index is 12.8. The first kappa shape index (κ1) is 17.7. The number of H-pyrrole nitrogens is 1. The van der Waals surface area contributed by atoms with E-state index < -0.39 is 0 Å². The van der Waals surface area contributed by atoms with Gasteiger partial charge in [-0.15, -0.1) is 0 Å². The van der Waals surface area contributed by atoms with E-state index in [-0.39, 0.29) is 5.91 Å². The Morgan fingerprint density at radius 1 is 1.11 bits per heavy atom. The van der Waals surface area contributed by atoms with Crippen molar-refractivity contribution < 1.29 is 9.53 Å². The van der Waals surface area contributed by atoms with E-state index in [0.29, 0.717) is 11.6 Å². The zero-order valence-corrected chi connectivity index (χ0v) is 15.8. The molecule has 0 atom stereocenters. The van der Waals surface area contributed by atoms with E-state index in [9.17, 15) is 4.79 Å². The van der Waals surface area contributed by atoms with Crippen LogP contribution in [0.4, 0.5) is 0 Å². The highest BCUT2D eigenvalue weighted by Gasteiger charge is 2.24. The van der Waals surface area contributed by atoms with Crippen molar-refractivity contribution in [3.05, 3.63) is 65.9 Å². The number of nitrogens with one attached hydrogen (secondary N) is 1. The lowest BCUT2D eigenvalue weighted by Crippen LogP contribution is -2.38. The topological polar surface area (TPSA) is 45.3 Å². The highest BCUT2D eigenvalue weighted by Crippen LogP contribution is 2.23. The second kappa shape index (κ2) is 7.87. The van der Waals surface area contributed by atoms with Crippen LogP contribution in [-0.2, 0) is 0 Å². The third-order valence-corrected chi connectivity index (χ3v) is 5.48. The Morgan fingerprint density at radius 3 is 2.59 bits per heavy atom. The summed E-state index contributed by atoms with van der Waals surface area (Å²) in [5.74, 6) is 1.68. The summed E-state index contributed by atoms with van der Waals surface area (Å²) < 4.78 is 5.86. The molecular weight excluding hydrogens is 336 g/mol. The molecule has 0 spiro atoms. The van der Waals surface area contributed by atoms with Gasteiger partial charge in [-0.2, -0.15) is 0 Å². The number of amides is 1. The lowest BCUT2D eigenvalue weighted by atomic mass is 9.94. The van der Waals surface area contributed by atoms with Crippen molar-refractivity contribution in [1.82, 2.24) is 9.88 Å². The smallest absolute Gasteiger partial charge is 0.270 e. The maximum atomic E-state index is 12.8. The molecule has 0 bridgehead atoms. The minimum Gasteiger partial charge on any atom is -0.494 e. The van der Waals surface area contributed by atoms with Gasteiger partial charge in [0.05, 0.1) is 6.61 Å². The number of rotatable bonds is 5. The van der Waals surface area contributed by atoms with Crippen LogP contribution in [0, 0.1) is 12.8 Å². The van der Waals surface area contributed by atoms with Gasteiger partial charge < -0.3 is 14.6 Å². The minimum atomic E-state index is 0.112. The van der Waals surface area contributed by atoms with Gasteiger partial charge in [0.2, 0.25) is 0 Å². The third-order valence-electron chi connectivity index (χ3n) is 5.48. The first-order valence-electron chi connectivity index (χ1n) is 9.75. The normalized spacial score (nSPS) is 15.2. The van der Waals surface area contributed by atoms with E-state index in [1.54, 1.807) is 0 Å². The van der Waals surface area contributed by atoms with E-state index in [4.69, 9.17) is 4.74 Å². The molecule has 2 aromatic carbocycles. The van der Waals surface area contributed by atoms with Crippen molar-refractivity contribution in [2.24, 2.45) is 5.92 Å². The first-order chi connectivity index (χ1) is 13.2. The number of ether oxygens (including phenoxy) is 1. The number of aromatic amines is 1. The Labute approximate surface area is 160 Å². The third kappa shape index (κ3) is 4.16. The summed E-state index contributed by atoms with van der Waals surface area (Å²) in [5, 5.41) is 1.09. The van der Waals surface area contributed by atoms with Gasteiger partial charge in [0, 0.05) is 24.0 Å². The highest BCUT2D eigenvalue weighted by molar-refractivity contribution is 5.98. The van der Waals surface area contributed by atoms with E-state index in [2.05, 4.69) is 24.0 Å². The number of aromatic nitrogens is 1. The summed E-state index contributed by atoms with van der Waals surface area (Å²) in [6, 6.07) is 18.2. The average molecular weight is 362 g/mol. The van der Waals surface area contributed by atoms with Gasteiger partial charge in [0.15, 0.2) is 0 Å². The van der Waals surface area contributed by atoms with Crippen LogP contribution in [0.2, 0.25) is 0 Å². The molecule has 1 amide bonds. The molecule has 0 radical (unpaired) electrons. The quantitative estimate of drug-likeness (QED) is 0.709. The van der Waals surface area contributed by atoms with Gasteiger partial charge in [-0.25, -0.2) is 0 Å². The number of para-hydroxylation sites is 1. The molecule has 27 heavy (non-hydrogen) atoms. The van der Waals surface area contributed by atoms with Gasteiger partial charge in [0.25, 0.3) is 5.91 Å². The Kier molecular flexibility index (Phi) is 5.14. The van der Waals surface area contributed by atoms with E-state index >= 15 is 0 Å². The Hall–Kier alpha value is -2.75. The number of aryl methyl sites for hydroxylation is 1. The van der Waals surface area contributed by atoms with Crippen LogP contribution in [0.25, 0.3) is 10.9 Å². The SMILES string of the molecule is Cc1ccc(OCCC2CCN(C(=O)c3cc4ccccc4[nH]3)CC2)cc1. The molecule has 1 aliphatic rings. The number of likely N-dealkylation sites (tertiary alicyclic amines) is 1. The molecule has 4 heteroatoms. The molecule has 0 aliphatic carbocycles. The van der Waals surface area contributed by atoms with Crippen LogP contribution < -0.4 is 4.74 Å². The molecule has 1 saturated heterocycles. The number of benzene rings is 2. The van der Waals surface area contributed by atoms with Crippen LogP contribution in [0.1, 0.15) is 35.3 Å². The fraction of sp³-hybridized carbons (Fsp3) is 0.348. The average Bonchev–Trinajstić information content (AvgIpc) is 3.14. The van der Waals surface area contributed by atoms with Crippen molar-refractivity contribution in [3.63, 3.8) is 0 Å². The zero-order valence-electron chi connectivity index (χ0n) is 15.8. The zero-order chi connectivity index (χ0) is 18.6. The summed E-state index contributed by atoms with van der Waals surface area (Å²) in [5.41, 5.74) is 2.95. The lowest BCUT2D eigenvalue weighted by molar-refractivity contribution is 0.0675. The van der Waals surface area contributed by atoms with Crippen LogP contribution in [0.3, 0.4) is 0 Å². The Balaban J connectivity index is 1.25. The maximum Gasteiger partial charge on any atom is 0.270 e. The standard InChI is InChI=1S/C23H26N2O2/c1-17-6-8-20(9-7-17)27-15-12-18-10-13-25(14-11-18)23(26)22-16-19-4-2-3-5-21(19)24-22/h2-9,16,18,24H,10-15H2,1H3. The molecule has 1 aromatic heterocycles.